The first-order valence-electron chi connectivity index (χ1n) is 5.33. The van der Waals surface area contributed by atoms with Gasteiger partial charge in [0.1, 0.15) is 13.0 Å². The molecule has 0 saturated carbocycles. The molecule has 17 heavy (non-hydrogen) atoms. The van der Waals surface area contributed by atoms with Crippen molar-refractivity contribution in [1.29, 1.82) is 0 Å². The zero-order chi connectivity index (χ0) is 13.3. The predicted molar refractivity (Wildman–Crippen MR) is 71.9 cm³/mol. The molecule has 0 spiro atoms. The Hall–Kier alpha value is -1.07. The molecule has 0 aliphatic heterocycles. The monoisotopic (exact) mass is 270 g/mol. The highest BCUT2D eigenvalue weighted by Gasteiger charge is 2.25. The SMILES string of the molecule is C=C(OS(=O)(=O)c1ccc(C)cc1)[Si](C)(C)C. The van der Waals surface area contributed by atoms with Crippen LogP contribution in [0, 0.1) is 6.92 Å². The van der Waals surface area contributed by atoms with Crippen LogP contribution in [0.2, 0.25) is 19.6 Å². The van der Waals surface area contributed by atoms with Crippen LogP contribution in [-0.2, 0) is 14.3 Å². The molecule has 0 aliphatic carbocycles. The van der Waals surface area contributed by atoms with Crippen LogP contribution in [0.5, 0.6) is 0 Å². The van der Waals surface area contributed by atoms with Crippen LogP contribution >= 0.6 is 0 Å². The minimum Gasteiger partial charge on any atom is -0.390 e. The molecule has 0 aromatic heterocycles. The van der Waals surface area contributed by atoms with Crippen LogP contribution in [0.15, 0.2) is 41.1 Å². The van der Waals surface area contributed by atoms with Gasteiger partial charge in [0, 0.05) is 0 Å². The minimum absolute atomic E-state index is 0.169. The maximum atomic E-state index is 11.9. The van der Waals surface area contributed by atoms with E-state index in [1.54, 1.807) is 24.3 Å². The van der Waals surface area contributed by atoms with Gasteiger partial charge >= 0.3 is 10.1 Å². The van der Waals surface area contributed by atoms with Gasteiger partial charge in [0.05, 0.1) is 5.38 Å². The first-order chi connectivity index (χ1) is 7.63. The van der Waals surface area contributed by atoms with E-state index in [0.29, 0.717) is 5.38 Å². The Morgan fingerprint density at radius 1 is 1.18 bits per heavy atom. The van der Waals surface area contributed by atoms with Crippen LogP contribution < -0.4 is 0 Å². The van der Waals surface area contributed by atoms with E-state index in [0.717, 1.165) is 5.56 Å². The van der Waals surface area contributed by atoms with E-state index < -0.39 is 18.2 Å². The quantitative estimate of drug-likeness (QED) is 0.480. The molecule has 0 saturated heterocycles. The van der Waals surface area contributed by atoms with Gasteiger partial charge in [-0.1, -0.05) is 43.9 Å². The Morgan fingerprint density at radius 3 is 2.06 bits per heavy atom. The lowest BCUT2D eigenvalue weighted by molar-refractivity contribution is 0.428. The summed E-state index contributed by atoms with van der Waals surface area (Å²) in [4.78, 5) is 0.169. The van der Waals surface area contributed by atoms with E-state index in [2.05, 4.69) is 6.58 Å². The summed E-state index contributed by atoms with van der Waals surface area (Å²) in [5.41, 5.74) is 1.01. The van der Waals surface area contributed by atoms with Gasteiger partial charge in [0.2, 0.25) is 0 Å². The van der Waals surface area contributed by atoms with E-state index in [1.165, 1.54) is 0 Å². The molecule has 0 unspecified atom stereocenters. The predicted octanol–water partition coefficient (Wildman–Crippen LogP) is 3.09. The fourth-order valence-corrected chi connectivity index (χ4v) is 3.17. The van der Waals surface area contributed by atoms with E-state index in [1.807, 2.05) is 26.6 Å². The second-order valence-corrected chi connectivity index (χ2v) is 11.6. The molecule has 1 aromatic rings. The Balaban J connectivity index is 2.98. The Bertz CT molecular complexity index is 510. The van der Waals surface area contributed by atoms with Crippen molar-refractivity contribution in [3.63, 3.8) is 0 Å². The molecule has 0 amide bonds. The van der Waals surface area contributed by atoms with Crippen LogP contribution in [0.25, 0.3) is 0 Å². The van der Waals surface area contributed by atoms with Gasteiger partial charge in [0.25, 0.3) is 0 Å². The Kier molecular flexibility index (Phi) is 3.83. The molecule has 5 heteroatoms. The van der Waals surface area contributed by atoms with Gasteiger partial charge in [-0.25, -0.2) is 0 Å². The smallest absolute Gasteiger partial charge is 0.338 e. The molecule has 0 bridgehead atoms. The Labute approximate surface area is 104 Å². The molecule has 0 aliphatic rings. The lowest BCUT2D eigenvalue weighted by Gasteiger charge is -2.19. The van der Waals surface area contributed by atoms with Crippen molar-refractivity contribution < 1.29 is 12.6 Å². The highest BCUT2D eigenvalue weighted by Crippen LogP contribution is 2.21. The van der Waals surface area contributed by atoms with E-state index in [-0.39, 0.29) is 4.90 Å². The average molecular weight is 270 g/mol. The van der Waals surface area contributed by atoms with Crippen LogP contribution in [0.3, 0.4) is 0 Å². The van der Waals surface area contributed by atoms with Crippen molar-refractivity contribution >= 4 is 18.2 Å². The highest BCUT2D eigenvalue weighted by molar-refractivity contribution is 7.87. The normalized spacial score (nSPS) is 12.2. The molecular formula is C12H18O3SSi. The largest absolute Gasteiger partial charge is 0.390 e. The lowest BCUT2D eigenvalue weighted by Crippen LogP contribution is -2.26. The van der Waals surface area contributed by atoms with E-state index >= 15 is 0 Å². The third-order valence-corrected chi connectivity index (χ3v) is 5.55. The van der Waals surface area contributed by atoms with Crippen molar-refractivity contribution in [2.24, 2.45) is 0 Å². The van der Waals surface area contributed by atoms with Gasteiger partial charge < -0.3 is 4.18 Å². The summed E-state index contributed by atoms with van der Waals surface area (Å²) in [5, 5.41) is 0.373. The molecule has 1 aromatic carbocycles. The second kappa shape index (κ2) is 4.66. The third kappa shape index (κ3) is 3.71. The van der Waals surface area contributed by atoms with Crippen LogP contribution in [0.4, 0.5) is 0 Å². The summed E-state index contributed by atoms with van der Waals surface area (Å²) >= 11 is 0. The summed E-state index contributed by atoms with van der Waals surface area (Å²) in [7, 11) is -5.53. The summed E-state index contributed by atoms with van der Waals surface area (Å²) < 4.78 is 28.9. The van der Waals surface area contributed by atoms with Crippen molar-refractivity contribution in [2.75, 3.05) is 0 Å². The molecule has 0 radical (unpaired) electrons. The molecular weight excluding hydrogens is 252 g/mol. The Morgan fingerprint density at radius 2 is 1.65 bits per heavy atom. The van der Waals surface area contributed by atoms with Gasteiger partial charge in [-0.05, 0) is 19.1 Å². The van der Waals surface area contributed by atoms with E-state index in [4.69, 9.17) is 4.18 Å². The summed E-state index contributed by atoms with van der Waals surface area (Å²) in [6.07, 6.45) is 0. The number of rotatable bonds is 4. The zero-order valence-corrected chi connectivity index (χ0v) is 12.5. The molecule has 3 nitrogen and oxygen atoms in total. The third-order valence-electron chi connectivity index (χ3n) is 2.36. The maximum Gasteiger partial charge on any atom is 0.338 e. The minimum atomic E-state index is -3.72. The van der Waals surface area contributed by atoms with E-state index in [9.17, 15) is 8.42 Å². The second-order valence-electron chi connectivity index (χ2n) is 5.02. The molecule has 0 N–H and O–H groups in total. The number of hydrogen-bond donors (Lipinski definition) is 0. The number of benzene rings is 1. The van der Waals surface area contributed by atoms with Crippen molar-refractivity contribution in [3.05, 3.63) is 41.8 Å². The molecule has 1 rings (SSSR count). The zero-order valence-electron chi connectivity index (χ0n) is 10.6. The number of hydrogen-bond acceptors (Lipinski definition) is 3. The van der Waals surface area contributed by atoms with Gasteiger partial charge in [0.15, 0.2) is 0 Å². The lowest BCUT2D eigenvalue weighted by atomic mass is 10.2. The fourth-order valence-electron chi connectivity index (χ4n) is 1.01. The van der Waals surface area contributed by atoms with Crippen molar-refractivity contribution in [2.45, 2.75) is 31.5 Å². The maximum absolute atomic E-state index is 11.9. The topological polar surface area (TPSA) is 43.4 Å². The first-order valence-corrected chi connectivity index (χ1v) is 10.2. The highest BCUT2D eigenvalue weighted by atomic mass is 32.2. The standard InChI is InChI=1S/C12H18O3SSi/c1-10-6-8-12(9-7-10)16(13,14)15-11(2)17(3,4)5/h6-9H,2H2,1,3-5H3. The first kappa shape index (κ1) is 14.0. The van der Waals surface area contributed by atoms with Crippen molar-refractivity contribution in [1.82, 2.24) is 0 Å². The molecule has 0 fully saturated rings. The average Bonchev–Trinajstić information content (AvgIpc) is 2.16. The van der Waals surface area contributed by atoms with Crippen molar-refractivity contribution in [3.8, 4) is 0 Å². The summed E-state index contributed by atoms with van der Waals surface area (Å²) in [6, 6.07) is 6.57. The fraction of sp³-hybridized carbons (Fsp3) is 0.333. The molecule has 94 valence electrons. The van der Waals surface area contributed by atoms with Crippen LogP contribution in [-0.4, -0.2) is 16.5 Å². The summed E-state index contributed by atoms with van der Waals surface area (Å²) in [5.74, 6) is 0. The van der Waals surface area contributed by atoms with Gasteiger partial charge in [-0.15, -0.1) is 0 Å². The van der Waals surface area contributed by atoms with Gasteiger partial charge in [-0.3, -0.25) is 0 Å². The molecule has 0 heterocycles. The molecule has 0 atom stereocenters. The summed E-state index contributed by atoms with van der Waals surface area (Å²) in [6.45, 7) is 11.6. The van der Waals surface area contributed by atoms with Crippen LogP contribution in [0.1, 0.15) is 5.56 Å². The van der Waals surface area contributed by atoms with Gasteiger partial charge in [-0.2, -0.15) is 8.42 Å². The number of aryl methyl sites for hydroxylation is 1.